The SMILES string of the molecule is CNC(=O)C(N)CC1CCCCC1.Cl. The molecule has 1 aliphatic rings. The second-order valence-electron chi connectivity index (χ2n) is 3.96. The zero-order chi connectivity index (χ0) is 9.68. The maximum Gasteiger partial charge on any atom is 0.236 e. The molecule has 0 radical (unpaired) electrons. The summed E-state index contributed by atoms with van der Waals surface area (Å²) in [5, 5.41) is 2.59. The fourth-order valence-corrected chi connectivity index (χ4v) is 2.07. The van der Waals surface area contributed by atoms with Crippen molar-refractivity contribution in [3.05, 3.63) is 0 Å². The Labute approximate surface area is 92.2 Å². The molecule has 84 valence electrons. The van der Waals surface area contributed by atoms with Crippen molar-refractivity contribution in [2.45, 2.75) is 44.6 Å². The van der Waals surface area contributed by atoms with Gasteiger partial charge in [-0.1, -0.05) is 32.1 Å². The molecule has 0 saturated heterocycles. The predicted octanol–water partition coefficient (Wildman–Crippen LogP) is 1.45. The van der Waals surface area contributed by atoms with Crippen LogP contribution in [0, 0.1) is 5.92 Å². The minimum atomic E-state index is -0.298. The Morgan fingerprint density at radius 3 is 2.50 bits per heavy atom. The van der Waals surface area contributed by atoms with Gasteiger partial charge in [0.2, 0.25) is 5.91 Å². The van der Waals surface area contributed by atoms with E-state index in [9.17, 15) is 4.79 Å². The lowest BCUT2D eigenvalue weighted by Gasteiger charge is -2.23. The van der Waals surface area contributed by atoms with Gasteiger partial charge in [0.1, 0.15) is 0 Å². The normalized spacial score (nSPS) is 19.6. The Morgan fingerprint density at radius 1 is 1.43 bits per heavy atom. The summed E-state index contributed by atoms with van der Waals surface area (Å²) < 4.78 is 0. The average molecular weight is 221 g/mol. The molecule has 1 aliphatic carbocycles. The molecule has 3 nitrogen and oxygen atoms in total. The summed E-state index contributed by atoms with van der Waals surface area (Å²) in [5.41, 5.74) is 5.75. The van der Waals surface area contributed by atoms with Crippen molar-refractivity contribution in [2.24, 2.45) is 11.7 Å². The van der Waals surface area contributed by atoms with Gasteiger partial charge in [-0.2, -0.15) is 0 Å². The summed E-state index contributed by atoms with van der Waals surface area (Å²) >= 11 is 0. The number of nitrogens with one attached hydrogen (secondary N) is 1. The Bertz CT molecular complexity index is 170. The summed E-state index contributed by atoms with van der Waals surface area (Å²) in [6, 6.07) is -0.298. The van der Waals surface area contributed by atoms with Crippen molar-refractivity contribution < 1.29 is 4.79 Å². The molecule has 0 spiro atoms. The van der Waals surface area contributed by atoms with Crippen LogP contribution in [0.5, 0.6) is 0 Å². The van der Waals surface area contributed by atoms with Crippen LogP contribution < -0.4 is 11.1 Å². The summed E-state index contributed by atoms with van der Waals surface area (Å²) in [4.78, 5) is 11.1. The zero-order valence-corrected chi connectivity index (χ0v) is 9.61. The fourth-order valence-electron chi connectivity index (χ4n) is 2.07. The molecule has 0 aliphatic heterocycles. The predicted molar refractivity (Wildman–Crippen MR) is 60.5 cm³/mol. The average Bonchev–Trinajstić information content (AvgIpc) is 2.18. The highest BCUT2D eigenvalue weighted by Crippen LogP contribution is 2.26. The van der Waals surface area contributed by atoms with Crippen LogP contribution in [0.1, 0.15) is 38.5 Å². The van der Waals surface area contributed by atoms with E-state index in [1.165, 1.54) is 32.1 Å². The first-order valence-electron chi connectivity index (χ1n) is 5.21. The first-order valence-corrected chi connectivity index (χ1v) is 5.21. The maximum atomic E-state index is 11.1. The van der Waals surface area contributed by atoms with E-state index in [2.05, 4.69) is 5.32 Å². The van der Waals surface area contributed by atoms with Crippen LogP contribution in [-0.4, -0.2) is 19.0 Å². The Balaban J connectivity index is 0.00000169. The second kappa shape index (κ2) is 7.07. The van der Waals surface area contributed by atoms with Gasteiger partial charge in [0, 0.05) is 7.05 Å². The molecule has 1 unspecified atom stereocenters. The Hall–Kier alpha value is -0.280. The van der Waals surface area contributed by atoms with Crippen LogP contribution in [0.4, 0.5) is 0 Å². The minimum Gasteiger partial charge on any atom is -0.358 e. The number of carbonyl (C=O) groups excluding carboxylic acids is 1. The van der Waals surface area contributed by atoms with E-state index in [0.717, 1.165) is 6.42 Å². The van der Waals surface area contributed by atoms with Gasteiger partial charge in [-0.25, -0.2) is 0 Å². The third-order valence-electron chi connectivity index (χ3n) is 2.90. The topological polar surface area (TPSA) is 55.1 Å². The molecule has 3 N–H and O–H groups in total. The van der Waals surface area contributed by atoms with E-state index in [4.69, 9.17) is 5.73 Å². The van der Waals surface area contributed by atoms with Crippen LogP contribution >= 0.6 is 12.4 Å². The molecule has 0 aromatic rings. The van der Waals surface area contributed by atoms with E-state index < -0.39 is 0 Å². The molecule has 0 aromatic carbocycles. The van der Waals surface area contributed by atoms with E-state index in [1.807, 2.05) is 0 Å². The first-order chi connectivity index (χ1) is 6.24. The number of hydrogen-bond donors (Lipinski definition) is 2. The van der Waals surface area contributed by atoms with Crippen molar-refractivity contribution in [2.75, 3.05) is 7.05 Å². The molecule has 1 fully saturated rings. The number of rotatable bonds is 3. The summed E-state index contributed by atoms with van der Waals surface area (Å²) in [6.45, 7) is 0. The smallest absolute Gasteiger partial charge is 0.236 e. The molecule has 14 heavy (non-hydrogen) atoms. The monoisotopic (exact) mass is 220 g/mol. The van der Waals surface area contributed by atoms with Crippen LogP contribution in [0.2, 0.25) is 0 Å². The van der Waals surface area contributed by atoms with Crippen molar-refractivity contribution in [3.63, 3.8) is 0 Å². The number of halogens is 1. The lowest BCUT2D eigenvalue weighted by Crippen LogP contribution is -2.40. The molecular weight excluding hydrogens is 200 g/mol. The molecule has 1 rings (SSSR count). The van der Waals surface area contributed by atoms with Gasteiger partial charge in [-0.3, -0.25) is 4.79 Å². The highest BCUT2D eigenvalue weighted by atomic mass is 35.5. The zero-order valence-electron chi connectivity index (χ0n) is 8.79. The molecule has 1 amide bonds. The number of hydrogen-bond acceptors (Lipinski definition) is 2. The molecule has 1 atom stereocenters. The van der Waals surface area contributed by atoms with Crippen molar-refractivity contribution in [3.8, 4) is 0 Å². The minimum absolute atomic E-state index is 0. The number of amides is 1. The lowest BCUT2D eigenvalue weighted by atomic mass is 9.85. The Morgan fingerprint density at radius 2 is 2.00 bits per heavy atom. The van der Waals surface area contributed by atoms with Crippen molar-refractivity contribution in [1.82, 2.24) is 5.32 Å². The van der Waals surface area contributed by atoms with Crippen molar-refractivity contribution in [1.29, 1.82) is 0 Å². The molecule has 0 bridgehead atoms. The summed E-state index contributed by atoms with van der Waals surface area (Å²) in [6.07, 6.45) is 7.34. The number of nitrogens with two attached hydrogens (primary N) is 1. The van der Waals surface area contributed by atoms with E-state index in [1.54, 1.807) is 7.05 Å². The van der Waals surface area contributed by atoms with Crippen molar-refractivity contribution >= 4 is 18.3 Å². The molecule has 0 heterocycles. The molecule has 0 aromatic heterocycles. The lowest BCUT2D eigenvalue weighted by molar-refractivity contribution is -0.122. The van der Waals surface area contributed by atoms with E-state index in [0.29, 0.717) is 5.92 Å². The largest absolute Gasteiger partial charge is 0.358 e. The maximum absolute atomic E-state index is 11.1. The fraction of sp³-hybridized carbons (Fsp3) is 0.900. The van der Waals surface area contributed by atoms with Gasteiger partial charge >= 0.3 is 0 Å². The highest BCUT2D eigenvalue weighted by molar-refractivity contribution is 5.85. The van der Waals surface area contributed by atoms with Gasteiger partial charge < -0.3 is 11.1 Å². The van der Waals surface area contributed by atoms with E-state index >= 15 is 0 Å². The molecule has 1 saturated carbocycles. The number of likely N-dealkylation sites (N-methyl/N-ethyl adjacent to an activating group) is 1. The van der Waals surface area contributed by atoms with Crippen LogP contribution in [-0.2, 0) is 4.79 Å². The van der Waals surface area contributed by atoms with Gasteiger partial charge in [-0.15, -0.1) is 12.4 Å². The van der Waals surface area contributed by atoms with Gasteiger partial charge in [0.25, 0.3) is 0 Å². The van der Waals surface area contributed by atoms with Gasteiger partial charge in [-0.05, 0) is 12.3 Å². The second-order valence-corrected chi connectivity index (χ2v) is 3.96. The Kier molecular flexibility index (Phi) is 6.93. The van der Waals surface area contributed by atoms with Gasteiger partial charge in [0.05, 0.1) is 6.04 Å². The van der Waals surface area contributed by atoms with E-state index in [-0.39, 0.29) is 24.4 Å². The first kappa shape index (κ1) is 13.7. The van der Waals surface area contributed by atoms with Crippen LogP contribution in [0.15, 0.2) is 0 Å². The molecular formula is C10H21ClN2O. The van der Waals surface area contributed by atoms with Crippen LogP contribution in [0.25, 0.3) is 0 Å². The third-order valence-corrected chi connectivity index (χ3v) is 2.90. The quantitative estimate of drug-likeness (QED) is 0.757. The standard InChI is InChI=1S/C10H20N2O.ClH/c1-12-10(13)9(11)7-8-5-3-2-4-6-8;/h8-9H,2-7,11H2,1H3,(H,12,13);1H. The van der Waals surface area contributed by atoms with Gasteiger partial charge in [0.15, 0.2) is 0 Å². The highest BCUT2D eigenvalue weighted by Gasteiger charge is 2.20. The molecule has 4 heteroatoms. The van der Waals surface area contributed by atoms with Crippen LogP contribution in [0.3, 0.4) is 0 Å². The summed E-state index contributed by atoms with van der Waals surface area (Å²) in [5.74, 6) is 0.659. The number of carbonyl (C=O) groups is 1. The summed E-state index contributed by atoms with van der Waals surface area (Å²) in [7, 11) is 1.64. The third kappa shape index (κ3) is 4.29.